The molecule has 2 heterocycles. The number of rotatable bonds is 5. The quantitative estimate of drug-likeness (QED) is 0.784. The number of nitrogens with zero attached hydrogens (tertiary/aromatic N) is 2. The Kier molecular flexibility index (Phi) is 4.73. The maximum Gasteiger partial charge on any atom is 0.134 e. The molecule has 4 heteroatoms. The molecule has 0 saturated carbocycles. The summed E-state index contributed by atoms with van der Waals surface area (Å²) in [6.45, 7) is 5.87. The van der Waals surface area contributed by atoms with E-state index in [1.165, 1.54) is 12.8 Å². The Labute approximate surface area is 130 Å². The number of fused-ring (bicyclic) bond motifs is 1. The van der Waals surface area contributed by atoms with E-state index in [0.717, 1.165) is 42.7 Å². The fourth-order valence-electron chi connectivity index (χ4n) is 2.87. The highest BCUT2D eigenvalue weighted by atomic mass is 35.5. The molecule has 0 spiro atoms. The molecule has 112 valence electrons. The molecule has 2 aromatic rings. The van der Waals surface area contributed by atoms with Gasteiger partial charge >= 0.3 is 0 Å². The van der Waals surface area contributed by atoms with E-state index in [9.17, 15) is 0 Å². The van der Waals surface area contributed by atoms with Gasteiger partial charge in [0.25, 0.3) is 0 Å². The summed E-state index contributed by atoms with van der Waals surface area (Å²) in [6.07, 6.45) is 2.72. The van der Waals surface area contributed by atoms with Gasteiger partial charge in [-0.3, -0.25) is 4.90 Å². The van der Waals surface area contributed by atoms with Crippen molar-refractivity contribution in [3.63, 3.8) is 0 Å². The van der Waals surface area contributed by atoms with E-state index < -0.39 is 0 Å². The van der Waals surface area contributed by atoms with Crippen LogP contribution in [0.4, 0.5) is 0 Å². The first kappa shape index (κ1) is 14.8. The van der Waals surface area contributed by atoms with Gasteiger partial charge in [-0.2, -0.15) is 0 Å². The van der Waals surface area contributed by atoms with E-state index in [-0.39, 0.29) is 0 Å². The number of para-hydroxylation sites is 1. The number of pyridine rings is 1. The van der Waals surface area contributed by atoms with Gasteiger partial charge in [-0.25, -0.2) is 4.98 Å². The molecule has 1 saturated heterocycles. The Morgan fingerprint density at radius 2 is 2.24 bits per heavy atom. The second-order valence-corrected chi connectivity index (χ2v) is 5.95. The summed E-state index contributed by atoms with van der Waals surface area (Å²) in [5.74, 6) is 0. The van der Waals surface area contributed by atoms with Gasteiger partial charge in [-0.05, 0) is 31.5 Å². The van der Waals surface area contributed by atoms with Crippen molar-refractivity contribution >= 4 is 22.5 Å². The minimum atomic E-state index is 0.372. The summed E-state index contributed by atoms with van der Waals surface area (Å²) in [5.41, 5.74) is 2.05. The van der Waals surface area contributed by atoms with Crippen LogP contribution in [0.15, 0.2) is 30.3 Å². The number of halogens is 1. The van der Waals surface area contributed by atoms with Gasteiger partial charge in [-0.15, -0.1) is 0 Å². The lowest BCUT2D eigenvalue weighted by molar-refractivity contribution is 0.0725. The van der Waals surface area contributed by atoms with Crippen LogP contribution in [0.2, 0.25) is 5.15 Å². The van der Waals surface area contributed by atoms with Crippen LogP contribution in [0.25, 0.3) is 10.9 Å². The molecule has 1 atom stereocenters. The van der Waals surface area contributed by atoms with Crippen LogP contribution in [0.3, 0.4) is 0 Å². The van der Waals surface area contributed by atoms with Gasteiger partial charge in [0.15, 0.2) is 0 Å². The minimum Gasteiger partial charge on any atom is -0.377 e. The molecule has 1 aliphatic heterocycles. The second-order valence-electron chi connectivity index (χ2n) is 5.59. The maximum atomic E-state index is 6.35. The zero-order valence-corrected chi connectivity index (χ0v) is 13.1. The van der Waals surface area contributed by atoms with Gasteiger partial charge in [-0.1, -0.05) is 36.7 Å². The van der Waals surface area contributed by atoms with Crippen LogP contribution in [0, 0.1) is 0 Å². The lowest BCUT2D eigenvalue weighted by Gasteiger charge is -2.24. The predicted octanol–water partition coefficient (Wildman–Crippen LogP) is 3.89. The molecular formula is C17H21ClN2O. The molecule has 0 amide bonds. The Morgan fingerprint density at radius 3 is 3.00 bits per heavy atom. The third-order valence-electron chi connectivity index (χ3n) is 4.08. The van der Waals surface area contributed by atoms with E-state index >= 15 is 0 Å². The number of aromatic nitrogens is 1. The lowest BCUT2D eigenvalue weighted by atomic mass is 10.1. The van der Waals surface area contributed by atoms with Crippen LogP contribution in [-0.4, -0.2) is 35.7 Å². The first-order chi connectivity index (χ1) is 10.3. The Hall–Kier alpha value is -1.16. The first-order valence-corrected chi connectivity index (χ1v) is 8.02. The normalized spacial score (nSPS) is 18.7. The molecular weight excluding hydrogens is 284 g/mol. The fourth-order valence-corrected chi connectivity index (χ4v) is 3.08. The van der Waals surface area contributed by atoms with Crippen LogP contribution in [0.5, 0.6) is 0 Å². The third-order valence-corrected chi connectivity index (χ3v) is 4.40. The van der Waals surface area contributed by atoms with Gasteiger partial charge in [0.05, 0.1) is 11.6 Å². The summed E-state index contributed by atoms with van der Waals surface area (Å²) in [5, 5.41) is 1.75. The summed E-state index contributed by atoms with van der Waals surface area (Å²) in [4.78, 5) is 6.88. The van der Waals surface area contributed by atoms with Crippen molar-refractivity contribution in [3.05, 3.63) is 41.0 Å². The zero-order valence-electron chi connectivity index (χ0n) is 12.4. The number of hydrogen-bond donors (Lipinski definition) is 0. The van der Waals surface area contributed by atoms with E-state index in [1.54, 1.807) is 0 Å². The molecule has 0 radical (unpaired) electrons. The molecule has 1 fully saturated rings. The molecule has 21 heavy (non-hydrogen) atoms. The molecule has 0 aliphatic carbocycles. The second kappa shape index (κ2) is 6.73. The summed E-state index contributed by atoms with van der Waals surface area (Å²) in [6, 6.07) is 10.3. The van der Waals surface area contributed by atoms with Crippen molar-refractivity contribution in [3.8, 4) is 0 Å². The monoisotopic (exact) mass is 304 g/mol. The van der Waals surface area contributed by atoms with Gasteiger partial charge in [0.1, 0.15) is 5.15 Å². The van der Waals surface area contributed by atoms with Crippen LogP contribution >= 0.6 is 11.6 Å². The van der Waals surface area contributed by atoms with E-state index in [1.807, 2.05) is 18.2 Å². The number of likely N-dealkylation sites (N-methyl/N-ethyl adjacent to an activating group) is 1. The highest BCUT2D eigenvalue weighted by Gasteiger charge is 2.19. The van der Waals surface area contributed by atoms with Crippen molar-refractivity contribution in [1.29, 1.82) is 0 Å². The number of benzene rings is 1. The standard InChI is InChI=1S/C17H21ClN2O/c1-2-20(12-15-7-5-9-21-15)11-14-10-13-6-3-4-8-16(13)19-17(14)18/h3-4,6,8,10,15H,2,5,7,9,11-12H2,1H3. The molecule has 0 bridgehead atoms. The van der Waals surface area contributed by atoms with Crippen molar-refractivity contribution in [2.45, 2.75) is 32.4 Å². The molecule has 3 rings (SSSR count). The van der Waals surface area contributed by atoms with E-state index in [0.29, 0.717) is 11.3 Å². The van der Waals surface area contributed by atoms with E-state index in [2.05, 4.69) is 28.9 Å². The third kappa shape index (κ3) is 3.54. The average Bonchev–Trinajstić information content (AvgIpc) is 3.00. The lowest BCUT2D eigenvalue weighted by Crippen LogP contribution is -2.31. The molecule has 1 unspecified atom stereocenters. The van der Waals surface area contributed by atoms with Crippen molar-refractivity contribution in [1.82, 2.24) is 9.88 Å². The fraction of sp³-hybridized carbons (Fsp3) is 0.471. The van der Waals surface area contributed by atoms with Crippen LogP contribution < -0.4 is 0 Å². The average molecular weight is 305 g/mol. The number of hydrogen-bond acceptors (Lipinski definition) is 3. The smallest absolute Gasteiger partial charge is 0.134 e. The SMILES string of the molecule is CCN(Cc1cc2ccccc2nc1Cl)CC1CCCO1. The summed E-state index contributed by atoms with van der Waals surface area (Å²) < 4.78 is 5.73. The highest BCUT2D eigenvalue weighted by molar-refractivity contribution is 6.30. The van der Waals surface area contributed by atoms with Crippen molar-refractivity contribution < 1.29 is 4.74 Å². The Morgan fingerprint density at radius 1 is 1.38 bits per heavy atom. The first-order valence-electron chi connectivity index (χ1n) is 7.64. The molecule has 1 aromatic heterocycles. The van der Waals surface area contributed by atoms with Crippen LogP contribution in [0.1, 0.15) is 25.3 Å². The summed E-state index contributed by atoms with van der Waals surface area (Å²) >= 11 is 6.35. The van der Waals surface area contributed by atoms with Crippen molar-refractivity contribution in [2.75, 3.05) is 19.7 Å². The van der Waals surface area contributed by atoms with Crippen molar-refractivity contribution in [2.24, 2.45) is 0 Å². The predicted molar refractivity (Wildman–Crippen MR) is 86.7 cm³/mol. The minimum absolute atomic E-state index is 0.372. The molecule has 3 nitrogen and oxygen atoms in total. The van der Waals surface area contributed by atoms with Gasteiger partial charge in [0.2, 0.25) is 0 Å². The Balaban J connectivity index is 1.77. The van der Waals surface area contributed by atoms with Crippen LogP contribution in [-0.2, 0) is 11.3 Å². The highest BCUT2D eigenvalue weighted by Crippen LogP contribution is 2.22. The zero-order chi connectivity index (χ0) is 14.7. The Bertz CT molecular complexity index is 611. The largest absolute Gasteiger partial charge is 0.377 e. The molecule has 1 aromatic carbocycles. The van der Waals surface area contributed by atoms with Gasteiger partial charge < -0.3 is 4.74 Å². The molecule has 0 N–H and O–H groups in total. The topological polar surface area (TPSA) is 25.4 Å². The molecule has 1 aliphatic rings. The van der Waals surface area contributed by atoms with Gasteiger partial charge in [0, 0.05) is 30.6 Å². The van der Waals surface area contributed by atoms with E-state index in [4.69, 9.17) is 16.3 Å². The summed E-state index contributed by atoms with van der Waals surface area (Å²) in [7, 11) is 0. The maximum absolute atomic E-state index is 6.35. The number of ether oxygens (including phenoxy) is 1.